The second kappa shape index (κ2) is 8.31. The van der Waals surface area contributed by atoms with Crippen LogP contribution < -0.4 is 10.2 Å². The van der Waals surface area contributed by atoms with Gasteiger partial charge in [-0.15, -0.1) is 0 Å². The molecule has 3 aliphatic rings. The van der Waals surface area contributed by atoms with Crippen molar-refractivity contribution in [3.05, 3.63) is 71.8 Å². The van der Waals surface area contributed by atoms with E-state index in [2.05, 4.69) is 17.5 Å². The first-order valence-corrected chi connectivity index (χ1v) is 11.2. The largest absolute Gasteiger partial charge is 0.452 e. The summed E-state index contributed by atoms with van der Waals surface area (Å²) in [6.45, 7) is 1.63. The van der Waals surface area contributed by atoms with Crippen LogP contribution in [0.4, 0.5) is 11.4 Å². The van der Waals surface area contributed by atoms with E-state index in [0.717, 1.165) is 18.4 Å². The van der Waals surface area contributed by atoms with Crippen LogP contribution in [0.3, 0.4) is 0 Å². The van der Waals surface area contributed by atoms with Gasteiger partial charge in [0.15, 0.2) is 6.61 Å². The molecule has 5 rings (SSSR count). The summed E-state index contributed by atoms with van der Waals surface area (Å²) in [5, 5.41) is 2.68. The van der Waals surface area contributed by atoms with E-state index in [0.29, 0.717) is 11.4 Å². The van der Waals surface area contributed by atoms with E-state index in [1.165, 1.54) is 17.0 Å². The van der Waals surface area contributed by atoms with Gasteiger partial charge >= 0.3 is 5.97 Å². The van der Waals surface area contributed by atoms with Crippen LogP contribution in [0.1, 0.15) is 29.3 Å². The molecule has 7 nitrogen and oxygen atoms in total. The second-order valence-electron chi connectivity index (χ2n) is 8.73. The summed E-state index contributed by atoms with van der Waals surface area (Å²) in [4.78, 5) is 51.5. The number of nitrogens with zero attached hydrogens (tertiary/aromatic N) is 1. The first-order chi connectivity index (χ1) is 16.0. The number of aryl methyl sites for hydroxylation is 1. The van der Waals surface area contributed by atoms with E-state index in [4.69, 9.17) is 4.74 Å². The van der Waals surface area contributed by atoms with Crippen molar-refractivity contribution in [1.29, 1.82) is 0 Å². The zero-order valence-electron chi connectivity index (χ0n) is 18.2. The van der Waals surface area contributed by atoms with E-state index in [1.54, 1.807) is 24.3 Å². The Bertz CT molecular complexity index is 1120. The van der Waals surface area contributed by atoms with Gasteiger partial charge in [0, 0.05) is 5.69 Å². The van der Waals surface area contributed by atoms with E-state index in [-0.39, 0.29) is 41.0 Å². The SMILES string of the molecule is CCc1ccc(NC(=O)COC(=O)c2ccc(N3C(=O)[C@@H]4[C@H](C3=O)[C@H]3C=C[C@H]4C3)cc2)cc1. The topological polar surface area (TPSA) is 92.8 Å². The van der Waals surface area contributed by atoms with Gasteiger partial charge < -0.3 is 10.1 Å². The molecule has 4 atom stereocenters. The molecule has 2 aliphatic carbocycles. The minimum atomic E-state index is -0.656. The highest BCUT2D eigenvalue weighted by Crippen LogP contribution is 2.53. The number of hydrogen-bond donors (Lipinski definition) is 1. The molecular weight excluding hydrogens is 420 g/mol. The third kappa shape index (κ3) is 3.73. The van der Waals surface area contributed by atoms with Crippen molar-refractivity contribution >= 4 is 35.1 Å². The van der Waals surface area contributed by atoms with E-state index in [1.807, 2.05) is 19.1 Å². The molecule has 2 aromatic carbocycles. The van der Waals surface area contributed by atoms with E-state index >= 15 is 0 Å². The van der Waals surface area contributed by atoms with Crippen molar-refractivity contribution < 1.29 is 23.9 Å². The Morgan fingerprint density at radius 3 is 2.12 bits per heavy atom. The van der Waals surface area contributed by atoms with Gasteiger partial charge in [-0.2, -0.15) is 0 Å². The van der Waals surface area contributed by atoms with Gasteiger partial charge in [-0.1, -0.05) is 31.2 Å². The first-order valence-electron chi connectivity index (χ1n) is 11.2. The Kier molecular flexibility index (Phi) is 5.32. The van der Waals surface area contributed by atoms with Crippen molar-refractivity contribution in [1.82, 2.24) is 0 Å². The summed E-state index contributed by atoms with van der Waals surface area (Å²) in [6, 6.07) is 13.6. The smallest absolute Gasteiger partial charge is 0.338 e. The molecule has 1 saturated carbocycles. The molecule has 1 aliphatic heterocycles. The Labute approximate surface area is 191 Å². The first kappa shape index (κ1) is 21.1. The summed E-state index contributed by atoms with van der Waals surface area (Å²) < 4.78 is 5.10. The van der Waals surface area contributed by atoms with E-state index in [9.17, 15) is 19.2 Å². The number of anilines is 2. The number of imide groups is 1. The number of esters is 1. The number of hydrogen-bond acceptors (Lipinski definition) is 5. The summed E-state index contributed by atoms with van der Waals surface area (Å²) >= 11 is 0. The lowest BCUT2D eigenvalue weighted by Crippen LogP contribution is -2.32. The Morgan fingerprint density at radius 2 is 1.55 bits per heavy atom. The summed E-state index contributed by atoms with van der Waals surface area (Å²) in [5.74, 6) is -1.68. The number of allylic oxidation sites excluding steroid dienone is 2. The molecule has 33 heavy (non-hydrogen) atoms. The third-order valence-corrected chi connectivity index (χ3v) is 6.81. The van der Waals surface area contributed by atoms with Crippen molar-refractivity contribution in [3.8, 4) is 0 Å². The summed E-state index contributed by atoms with van der Waals surface area (Å²) in [7, 11) is 0. The quantitative estimate of drug-likeness (QED) is 0.419. The Hall–Kier alpha value is -3.74. The monoisotopic (exact) mass is 444 g/mol. The number of nitrogens with one attached hydrogen (secondary N) is 1. The maximum Gasteiger partial charge on any atom is 0.338 e. The van der Waals surface area contributed by atoms with Crippen molar-refractivity contribution in [3.63, 3.8) is 0 Å². The number of ether oxygens (including phenoxy) is 1. The molecular formula is C26H24N2O5. The van der Waals surface area contributed by atoms with Crippen LogP contribution >= 0.6 is 0 Å². The second-order valence-corrected chi connectivity index (χ2v) is 8.73. The standard InChI is InChI=1S/C26H24N2O5/c1-2-15-3-9-19(10-4-15)27-21(29)14-33-26(32)16-7-11-20(12-8-16)28-24(30)22-17-5-6-18(13-17)23(22)25(28)31/h3-12,17-18,22-23H,2,13-14H2,1H3,(H,27,29)/t17-,18-,22-,23+/m0/s1. The number of carbonyl (C=O) groups excluding carboxylic acids is 4. The summed E-state index contributed by atoms with van der Waals surface area (Å²) in [6.07, 6.45) is 5.89. The fourth-order valence-corrected chi connectivity index (χ4v) is 5.14. The van der Waals surface area contributed by atoms with Gasteiger partial charge in [0.05, 0.1) is 23.1 Å². The molecule has 0 aromatic heterocycles. The van der Waals surface area contributed by atoms with Crippen LogP contribution in [-0.4, -0.2) is 30.3 Å². The molecule has 7 heteroatoms. The predicted octanol–water partition coefficient (Wildman–Crippen LogP) is 3.36. The number of fused-ring (bicyclic) bond motifs is 5. The maximum atomic E-state index is 12.9. The lowest BCUT2D eigenvalue weighted by molar-refractivity contribution is -0.123. The van der Waals surface area contributed by atoms with Gasteiger partial charge in [0.2, 0.25) is 11.8 Å². The van der Waals surface area contributed by atoms with Crippen LogP contribution in [0, 0.1) is 23.7 Å². The van der Waals surface area contributed by atoms with Gasteiger partial charge in [-0.3, -0.25) is 19.3 Å². The van der Waals surface area contributed by atoms with E-state index < -0.39 is 18.5 Å². The molecule has 2 bridgehead atoms. The normalized spacial score (nSPS) is 24.8. The molecule has 1 N–H and O–H groups in total. The highest BCUT2D eigenvalue weighted by molar-refractivity contribution is 6.22. The molecule has 3 amide bonds. The van der Waals surface area contributed by atoms with Crippen LogP contribution in [-0.2, 0) is 25.5 Å². The molecule has 1 heterocycles. The molecule has 1 saturated heterocycles. The van der Waals surface area contributed by atoms with Crippen molar-refractivity contribution in [2.75, 3.05) is 16.8 Å². The third-order valence-electron chi connectivity index (χ3n) is 6.81. The van der Waals surface area contributed by atoms with Crippen LogP contribution in [0.15, 0.2) is 60.7 Å². The minimum Gasteiger partial charge on any atom is -0.452 e. The fraction of sp³-hybridized carbons (Fsp3) is 0.308. The zero-order chi connectivity index (χ0) is 23.1. The van der Waals surface area contributed by atoms with Crippen molar-refractivity contribution in [2.24, 2.45) is 23.7 Å². The predicted molar refractivity (Wildman–Crippen MR) is 121 cm³/mol. The Balaban J connectivity index is 1.18. The van der Waals surface area contributed by atoms with Gasteiger partial charge in [0.25, 0.3) is 5.91 Å². The average Bonchev–Trinajstić information content (AvgIpc) is 3.52. The number of rotatable bonds is 6. The lowest BCUT2D eigenvalue weighted by atomic mass is 9.85. The molecule has 2 aromatic rings. The molecule has 0 unspecified atom stereocenters. The summed E-state index contributed by atoms with van der Waals surface area (Å²) in [5.41, 5.74) is 2.47. The number of amides is 3. The highest BCUT2D eigenvalue weighted by Gasteiger charge is 2.59. The Morgan fingerprint density at radius 1 is 0.939 bits per heavy atom. The fourth-order valence-electron chi connectivity index (χ4n) is 5.14. The van der Waals surface area contributed by atoms with Crippen LogP contribution in [0.2, 0.25) is 0 Å². The van der Waals surface area contributed by atoms with Crippen LogP contribution in [0.25, 0.3) is 0 Å². The highest BCUT2D eigenvalue weighted by atomic mass is 16.5. The molecule has 0 spiro atoms. The lowest BCUT2D eigenvalue weighted by Gasteiger charge is -2.17. The maximum absolute atomic E-state index is 12.9. The molecule has 168 valence electrons. The average molecular weight is 444 g/mol. The minimum absolute atomic E-state index is 0.145. The van der Waals surface area contributed by atoms with Crippen molar-refractivity contribution in [2.45, 2.75) is 19.8 Å². The van der Waals surface area contributed by atoms with Gasteiger partial charge in [-0.05, 0) is 66.6 Å². The van der Waals surface area contributed by atoms with Gasteiger partial charge in [0.1, 0.15) is 0 Å². The molecule has 0 radical (unpaired) electrons. The van der Waals surface area contributed by atoms with Gasteiger partial charge in [-0.25, -0.2) is 4.79 Å². The van der Waals surface area contributed by atoms with Crippen LogP contribution in [0.5, 0.6) is 0 Å². The zero-order valence-corrected chi connectivity index (χ0v) is 18.2. The number of carbonyl (C=O) groups is 4. The number of benzene rings is 2. The molecule has 2 fully saturated rings.